The molecule has 0 unspecified atom stereocenters. The molecule has 0 saturated carbocycles. The van der Waals surface area contributed by atoms with Gasteiger partial charge in [0.25, 0.3) is 0 Å². The molecule has 2 N–H and O–H groups in total. The van der Waals surface area contributed by atoms with Crippen LogP contribution in [0.3, 0.4) is 0 Å². The molecule has 0 fully saturated rings. The smallest absolute Gasteiger partial charge is 0.223 e. The zero-order chi connectivity index (χ0) is 15.2. The molecule has 6 heteroatoms. The third kappa shape index (κ3) is 4.49. The number of hydrogen-bond donors (Lipinski definition) is 1. The van der Waals surface area contributed by atoms with Crippen molar-refractivity contribution in [2.75, 3.05) is 31.3 Å². The molecule has 0 spiro atoms. The molecular weight excluding hydrogens is 288 g/mol. The molecule has 0 amide bonds. The summed E-state index contributed by atoms with van der Waals surface area (Å²) < 4.78 is 5.15. The van der Waals surface area contributed by atoms with Gasteiger partial charge in [0.15, 0.2) is 0 Å². The number of methoxy groups -OCH3 is 1. The summed E-state index contributed by atoms with van der Waals surface area (Å²) in [4.78, 5) is 10.0. The van der Waals surface area contributed by atoms with Crippen molar-refractivity contribution < 1.29 is 4.74 Å². The largest absolute Gasteiger partial charge is 0.497 e. The maximum Gasteiger partial charge on any atom is 0.223 e. The van der Waals surface area contributed by atoms with Crippen LogP contribution in [-0.4, -0.2) is 30.7 Å². The van der Waals surface area contributed by atoms with E-state index in [2.05, 4.69) is 22.1 Å². The molecule has 0 saturated heterocycles. The Morgan fingerprint density at radius 3 is 2.57 bits per heavy atom. The van der Waals surface area contributed by atoms with Crippen LogP contribution in [0, 0.1) is 0 Å². The van der Waals surface area contributed by atoms with Crippen LogP contribution >= 0.6 is 11.6 Å². The molecule has 0 atom stereocenters. The molecule has 0 radical (unpaired) electrons. The molecule has 0 aliphatic rings. The Kier molecular flexibility index (Phi) is 5.22. The molecule has 2 rings (SSSR count). The van der Waals surface area contributed by atoms with Crippen molar-refractivity contribution in [3.05, 3.63) is 41.0 Å². The fourth-order valence-electron chi connectivity index (χ4n) is 2.05. The second-order valence-electron chi connectivity index (χ2n) is 4.78. The first-order valence-electron chi connectivity index (χ1n) is 6.72. The fraction of sp³-hybridized carbons (Fsp3) is 0.333. The number of nitrogens with two attached hydrogens (primary N) is 1. The summed E-state index contributed by atoms with van der Waals surface area (Å²) in [5.74, 6) is 1.81. The number of anilines is 2. The van der Waals surface area contributed by atoms with Gasteiger partial charge in [0, 0.05) is 19.7 Å². The van der Waals surface area contributed by atoms with Gasteiger partial charge in [0.2, 0.25) is 5.95 Å². The van der Waals surface area contributed by atoms with E-state index in [0.717, 1.165) is 31.0 Å². The van der Waals surface area contributed by atoms with E-state index in [1.54, 1.807) is 13.2 Å². The average Bonchev–Trinajstić information content (AvgIpc) is 2.47. The van der Waals surface area contributed by atoms with Gasteiger partial charge in [-0.1, -0.05) is 23.7 Å². The molecule has 1 aromatic carbocycles. The van der Waals surface area contributed by atoms with E-state index in [-0.39, 0.29) is 5.95 Å². The minimum atomic E-state index is 0.194. The summed E-state index contributed by atoms with van der Waals surface area (Å²) in [6.45, 7) is 0.860. The second-order valence-corrected chi connectivity index (χ2v) is 5.17. The van der Waals surface area contributed by atoms with Crippen molar-refractivity contribution >= 4 is 23.4 Å². The van der Waals surface area contributed by atoms with Gasteiger partial charge < -0.3 is 15.4 Å². The van der Waals surface area contributed by atoms with Crippen LogP contribution in [-0.2, 0) is 6.42 Å². The molecule has 1 heterocycles. The number of nitrogens with zero attached hydrogens (tertiary/aromatic N) is 3. The highest BCUT2D eigenvalue weighted by Gasteiger charge is 2.06. The Hall–Kier alpha value is -2.01. The number of halogens is 1. The lowest BCUT2D eigenvalue weighted by molar-refractivity contribution is 0.414. The number of ether oxygens (including phenoxy) is 1. The number of hydrogen-bond acceptors (Lipinski definition) is 5. The maximum atomic E-state index is 5.88. The summed E-state index contributed by atoms with van der Waals surface area (Å²) in [7, 11) is 3.63. The predicted octanol–water partition coefficient (Wildman–Crippen LogP) is 2.79. The van der Waals surface area contributed by atoms with Crippen molar-refractivity contribution in [3.63, 3.8) is 0 Å². The SMILES string of the molecule is COc1ccc(CCCN(C)c2cc(Cl)nc(N)n2)cc1. The first kappa shape index (κ1) is 15.4. The Morgan fingerprint density at radius 1 is 1.24 bits per heavy atom. The van der Waals surface area contributed by atoms with Gasteiger partial charge in [0.1, 0.15) is 16.7 Å². The molecule has 2 aromatic rings. The summed E-state index contributed by atoms with van der Waals surface area (Å²) in [5.41, 5.74) is 6.88. The van der Waals surface area contributed by atoms with Crippen molar-refractivity contribution in [1.82, 2.24) is 9.97 Å². The lowest BCUT2D eigenvalue weighted by Crippen LogP contribution is -2.20. The molecule has 0 aliphatic heterocycles. The van der Waals surface area contributed by atoms with Crippen LogP contribution in [0.4, 0.5) is 11.8 Å². The average molecular weight is 307 g/mol. The highest BCUT2D eigenvalue weighted by atomic mass is 35.5. The standard InChI is InChI=1S/C15H19ClN4O/c1-20(14-10-13(16)18-15(17)19-14)9-3-4-11-5-7-12(21-2)8-6-11/h5-8,10H,3-4,9H2,1-2H3,(H2,17,18,19). The van der Waals surface area contributed by atoms with Gasteiger partial charge in [-0.05, 0) is 30.5 Å². The van der Waals surface area contributed by atoms with E-state index in [1.165, 1.54) is 5.56 Å². The number of benzene rings is 1. The van der Waals surface area contributed by atoms with Crippen LogP contribution in [0.15, 0.2) is 30.3 Å². The van der Waals surface area contributed by atoms with Gasteiger partial charge in [-0.2, -0.15) is 4.98 Å². The number of aromatic nitrogens is 2. The minimum Gasteiger partial charge on any atom is -0.497 e. The minimum absolute atomic E-state index is 0.194. The van der Waals surface area contributed by atoms with Gasteiger partial charge in [-0.3, -0.25) is 0 Å². The first-order chi connectivity index (χ1) is 10.1. The summed E-state index contributed by atoms with van der Waals surface area (Å²) in [6, 6.07) is 9.83. The van der Waals surface area contributed by atoms with Crippen LogP contribution in [0.25, 0.3) is 0 Å². The Morgan fingerprint density at radius 2 is 1.95 bits per heavy atom. The number of aryl methyl sites for hydroxylation is 1. The summed E-state index contributed by atoms with van der Waals surface area (Å²) >= 11 is 5.88. The van der Waals surface area contributed by atoms with Crippen LogP contribution < -0.4 is 15.4 Å². The van der Waals surface area contributed by atoms with E-state index in [4.69, 9.17) is 22.1 Å². The van der Waals surface area contributed by atoms with Gasteiger partial charge in [-0.15, -0.1) is 0 Å². The molecule has 0 aliphatic carbocycles. The quantitative estimate of drug-likeness (QED) is 0.831. The van der Waals surface area contributed by atoms with Crippen molar-refractivity contribution in [2.45, 2.75) is 12.8 Å². The van der Waals surface area contributed by atoms with E-state index < -0.39 is 0 Å². The predicted molar refractivity (Wildman–Crippen MR) is 86.0 cm³/mol. The van der Waals surface area contributed by atoms with E-state index in [0.29, 0.717) is 5.15 Å². The molecule has 1 aromatic heterocycles. The van der Waals surface area contributed by atoms with Crippen molar-refractivity contribution in [3.8, 4) is 5.75 Å². The van der Waals surface area contributed by atoms with E-state index in [1.807, 2.05) is 24.1 Å². The Labute approximate surface area is 129 Å². The molecule has 5 nitrogen and oxygen atoms in total. The van der Waals surface area contributed by atoms with Gasteiger partial charge in [0.05, 0.1) is 7.11 Å². The monoisotopic (exact) mass is 306 g/mol. The highest BCUT2D eigenvalue weighted by molar-refractivity contribution is 6.29. The summed E-state index contributed by atoms with van der Waals surface area (Å²) in [5, 5.41) is 0.361. The third-order valence-corrected chi connectivity index (χ3v) is 3.40. The number of rotatable bonds is 6. The normalized spacial score (nSPS) is 10.4. The Bertz CT molecular complexity index is 568. The third-order valence-electron chi connectivity index (χ3n) is 3.21. The molecule has 21 heavy (non-hydrogen) atoms. The molecule has 0 bridgehead atoms. The summed E-state index contributed by atoms with van der Waals surface area (Å²) in [6.07, 6.45) is 1.99. The zero-order valence-electron chi connectivity index (χ0n) is 12.2. The van der Waals surface area contributed by atoms with Crippen LogP contribution in [0.1, 0.15) is 12.0 Å². The molecular formula is C15H19ClN4O. The van der Waals surface area contributed by atoms with Crippen LogP contribution in [0.5, 0.6) is 5.75 Å². The van der Waals surface area contributed by atoms with Gasteiger partial charge in [-0.25, -0.2) is 4.98 Å². The second kappa shape index (κ2) is 7.13. The van der Waals surface area contributed by atoms with Gasteiger partial charge >= 0.3 is 0 Å². The fourth-order valence-corrected chi connectivity index (χ4v) is 2.23. The molecule has 112 valence electrons. The van der Waals surface area contributed by atoms with Crippen molar-refractivity contribution in [1.29, 1.82) is 0 Å². The first-order valence-corrected chi connectivity index (χ1v) is 7.10. The Balaban J connectivity index is 1.87. The lowest BCUT2D eigenvalue weighted by Gasteiger charge is -2.18. The van der Waals surface area contributed by atoms with Crippen LogP contribution in [0.2, 0.25) is 5.15 Å². The maximum absolute atomic E-state index is 5.88. The highest BCUT2D eigenvalue weighted by Crippen LogP contribution is 2.17. The topological polar surface area (TPSA) is 64.3 Å². The van der Waals surface area contributed by atoms with E-state index in [9.17, 15) is 0 Å². The van der Waals surface area contributed by atoms with E-state index >= 15 is 0 Å². The zero-order valence-corrected chi connectivity index (χ0v) is 13.0. The number of nitrogen functional groups attached to an aromatic ring is 1. The van der Waals surface area contributed by atoms with Crippen molar-refractivity contribution in [2.24, 2.45) is 0 Å². The lowest BCUT2D eigenvalue weighted by atomic mass is 10.1.